The molecule has 0 saturated carbocycles. The number of hydrogen-bond acceptors (Lipinski definition) is 7. The zero-order valence-electron chi connectivity index (χ0n) is 21.8. The van der Waals surface area contributed by atoms with Gasteiger partial charge in [0.15, 0.2) is 22.5 Å². The summed E-state index contributed by atoms with van der Waals surface area (Å²) in [6.45, 7) is 4.55. The van der Waals surface area contributed by atoms with E-state index in [2.05, 4.69) is 55.5 Å². The van der Waals surface area contributed by atoms with Crippen molar-refractivity contribution < 1.29 is 14.2 Å². The molecule has 0 unspecified atom stereocenters. The van der Waals surface area contributed by atoms with Crippen molar-refractivity contribution in [1.82, 2.24) is 19.7 Å². The molecule has 0 aliphatic heterocycles. The van der Waals surface area contributed by atoms with Crippen molar-refractivity contribution >= 4 is 38.6 Å². The van der Waals surface area contributed by atoms with Gasteiger partial charge in [0.05, 0.1) is 32.5 Å². The number of benzene rings is 3. The van der Waals surface area contributed by atoms with Crippen LogP contribution in [0.3, 0.4) is 0 Å². The number of rotatable bonds is 10. The van der Waals surface area contributed by atoms with Crippen molar-refractivity contribution in [2.24, 2.45) is 0 Å². The van der Waals surface area contributed by atoms with Crippen LogP contribution in [0.5, 0.6) is 17.2 Å². The molecule has 2 heterocycles. The minimum Gasteiger partial charge on any atom is -0.493 e. The molecular formula is C30H27BrN4O3S. The van der Waals surface area contributed by atoms with Crippen LogP contribution >= 0.6 is 27.7 Å². The number of pyridine rings is 1. The largest absolute Gasteiger partial charge is 0.493 e. The predicted octanol–water partition coefficient (Wildman–Crippen LogP) is 7.43. The molecule has 0 saturated heterocycles. The van der Waals surface area contributed by atoms with Gasteiger partial charge in [-0.25, -0.2) is 4.98 Å². The van der Waals surface area contributed by atoms with Crippen LogP contribution in [0.1, 0.15) is 5.56 Å². The molecule has 0 aliphatic carbocycles. The number of hydrogen-bond donors (Lipinski definition) is 0. The molecule has 0 aliphatic rings. The molecule has 5 rings (SSSR count). The third-order valence-electron chi connectivity index (χ3n) is 6.20. The van der Waals surface area contributed by atoms with Gasteiger partial charge >= 0.3 is 0 Å². The Balaban J connectivity index is 1.63. The lowest BCUT2D eigenvalue weighted by Crippen LogP contribution is -2.02. The summed E-state index contributed by atoms with van der Waals surface area (Å²) in [5.74, 6) is 3.16. The fraction of sp³-hybridized carbons (Fsp3) is 0.167. The van der Waals surface area contributed by atoms with E-state index in [1.165, 1.54) is 5.56 Å². The number of para-hydroxylation sites is 1. The summed E-state index contributed by atoms with van der Waals surface area (Å²) in [6, 6.07) is 22.1. The van der Waals surface area contributed by atoms with Crippen molar-refractivity contribution in [2.75, 3.05) is 21.3 Å². The van der Waals surface area contributed by atoms with Crippen molar-refractivity contribution in [3.63, 3.8) is 0 Å². The van der Waals surface area contributed by atoms with Crippen LogP contribution in [0.15, 0.2) is 89.0 Å². The fourth-order valence-corrected chi connectivity index (χ4v) is 5.74. The third kappa shape index (κ3) is 5.51. The summed E-state index contributed by atoms with van der Waals surface area (Å²) >= 11 is 5.20. The maximum Gasteiger partial charge on any atom is 0.203 e. The molecule has 0 amide bonds. The molecule has 2 aromatic heterocycles. The second-order valence-electron chi connectivity index (χ2n) is 8.61. The first-order valence-corrected chi connectivity index (χ1v) is 14.0. The van der Waals surface area contributed by atoms with E-state index >= 15 is 0 Å². The van der Waals surface area contributed by atoms with Crippen LogP contribution < -0.4 is 14.2 Å². The molecule has 198 valence electrons. The summed E-state index contributed by atoms with van der Waals surface area (Å²) in [4.78, 5) is 4.97. The van der Waals surface area contributed by atoms with Crippen LogP contribution in [0.25, 0.3) is 33.5 Å². The van der Waals surface area contributed by atoms with Gasteiger partial charge in [0.25, 0.3) is 0 Å². The Kier molecular flexibility index (Phi) is 8.18. The van der Waals surface area contributed by atoms with Gasteiger partial charge in [0.2, 0.25) is 5.75 Å². The normalized spacial score (nSPS) is 11.0. The molecule has 0 radical (unpaired) electrons. The first kappa shape index (κ1) is 26.8. The van der Waals surface area contributed by atoms with Crippen molar-refractivity contribution in [3.8, 4) is 39.9 Å². The number of fused-ring (bicyclic) bond motifs is 1. The first-order valence-electron chi connectivity index (χ1n) is 12.2. The number of thioether (sulfide) groups is 1. The van der Waals surface area contributed by atoms with Gasteiger partial charge in [-0.2, -0.15) is 0 Å². The zero-order valence-corrected chi connectivity index (χ0v) is 24.3. The summed E-state index contributed by atoms with van der Waals surface area (Å²) in [7, 11) is 4.79. The quantitative estimate of drug-likeness (QED) is 0.122. The zero-order chi connectivity index (χ0) is 27.4. The molecule has 0 spiro atoms. The minimum atomic E-state index is 0.530. The molecule has 39 heavy (non-hydrogen) atoms. The van der Waals surface area contributed by atoms with E-state index in [0.29, 0.717) is 23.8 Å². The standard InChI is InChI=1S/C30H27BrN4O3S/c1-5-13-35-29(33-34-30(35)39-18-19-9-8-10-21(31)14-19)23-17-25(32-24-12-7-6-11-22(23)24)20-15-26(36-2)28(38-4)27(16-20)37-3/h5-12,14-17H,1,13,18H2,2-4H3. The molecule has 0 N–H and O–H groups in total. The van der Waals surface area contributed by atoms with Gasteiger partial charge in [0, 0.05) is 33.3 Å². The van der Waals surface area contributed by atoms with Crippen molar-refractivity contribution in [3.05, 3.63) is 89.4 Å². The van der Waals surface area contributed by atoms with Gasteiger partial charge in [-0.1, -0.05) is 64.1 Å². The fourth-order valence-electron chi connectivity index (χ4n) is 4.40. The molecule has 5 aromatic rings. The summed E-state index contributed by atoms with van der Waals surface area (Å²) in [5.41, 5.74) is 4.54. The average Bonchev–Trinajstić information content (AvgIpc) is 3.36. The summed E-state index contributed by atoms with van der Waals surface area (Å²) < 4.78 is 19.8. The lowest BCUT2D eigenvalue weighted by molar-refractivity contribution is 0.324. The molecule has 3 aromatic carbocycles. The summed E-state index contributed by atoms with van der Waals surface area (Å²) in [5, 5.41) is 11.0. The monoisotopic (exact) mass is 602 g/mol. The Labute approximate surface area is 240 Å². The predicted molar refractivity (Wildman–Crippen MR) is 160 cm³/mol. The lowest BCUT2D eigenvalue weighted by atomic mass is 10.0. The minimum absolute atomic E-state index is 0.530. The third-order valence-corrected chi connectivity index (χ3v) is 7.73. The number of allylic oxidation sites excluding steroid dienone is 1. The van der Waals surface area contributed by atoms with Crippen LogP contribution in [0, 0.1) is 0 Å². The Morgan fingerprint density at radius 3 is 2.38 bits per heavy atom. The second-order valence-corrected chi connectivity index (χ2v) is 10.5. The number of methoxy groups -OCH3 is 3. The highest BCUT2D eigenvalue weighted by Gasteiger charge is 2.20. The first-order chi connectivity index (χ1) is 19.1. The smallest absolute Gasteiger partial charge is 0.203 e. The van der Waals surface area contributed by atoms with Crippen LogP contribution in [-0.2, 0) is 12.3 Å². The molecule has 0 fully saturated rings. The molecule has 0 bridgehead atoms. The Bertz CT molecular complexity index is 1630. The molecular weight excluding hydrogens is 576 g/mol. The topological polar surface area (TPSA) is 71.3 Å². The van der Waals surface area contributed by atoms with Crippen LogP contribution in [0.4, 0.5) is 0 Å². The Morgan fingerprint density at radius 2 is 1.69 bits per heavy atom. The number of nitrogens with zero attached hydrogens (tertiary/aromatic N) is 4. The van der Waals surface area contributed by atoms with Gasteiger partial charge in [-0.15, -0.1) is 16.8 Å². The molecule has 7 nitrogen and oxygen atoms in total. The van der Waals surface area contributed by atoms with E-state index < -0.39 is 0 Å². The highest BCUT2D eigenvalue weighted by atomic mass is 79.9. The van der Waals surface area contributed by atoms with E-state index in [-0.39, 0.29) is 0 Å². The SMILES string of the molecule is C=CCn1c(SCc2cccc(Br)c2)nnc1-c1cc(-c2cc(OC)c(OC)c(OC)c2)nc2ccccc12. The molecule has 0 atom stereocenters. The van der Waals surface area contributed by atoms with Crippen molar-refractivity contribution in [2.45, 2.75) is 17.5 Å². The van der Waals surface area contributed by atoms with E-state index in [1.807, 2.05) is 54.6 Å². The van der Waals surface area contributed by atoms with Gasteiger partial charge < -0.3 is 14.2 Å². The highest BCUT2D eigenvalue weighted by molar-refractivity contribution is 9.10. The highest BCUT2D eigenvalue weighted by Crippen LogP contribution is 2.42. The molecule has 9 heteroatoms. The van der Waals surface area contributed by atoms with Crippen molar-refractivity contribution in [1.29, 1.82) is 0 Å². The van der Waals surface area contributed by atoms with E-state index in [4.69, 9.17) is 19.2 Å². The summed E-state index contributed by atoms with van der Waals surface area (Å²) in [6.07, 6.45) is 1.86. The second kappa shape index (κ2) is 11.9. The van der Waals surface area contributed by atoms with Crippen LogP contribution in [-0.4, -0.2) is 41.1 Å². The number of ether oxygens (including phenoxy) is 3. The Hall–Kier alpha value is -3.82. The van der Waals surface area contributed by atoms with E-state index in [9.17, 15) is 0 Å². The van der Waals surface area contributed by atoms with Gasteiger partial charge in [-0.05, 0) is 42.0 Å². The van der Waals surface area contributed by atoms with Crippen LogP contribution in [0.2, 0.25) is 0 Å². The maximum absolute atomic E-state index is 5.59. The number of halogens is 1. The van der Waals surface area contributed by atoms with Gasteiger partial charge in [0.1, 0.15) is 0 Å². The average molecular weight is 604 g/mol. The Morgan fingerprint density at radius 1 is 0.923 bits per heavy atom. The van der Waals surface area contributed by atoms with E-state index in [0.717, 1.165) is 48.9 Å². The van der Waals surface area contributed by atoms with E-state index in [1.54, 1.807) is 33.1 Å². The lowest BCUT2D eigenvalue weighted by Gasteiger charge is -2.15. The number of aromatic nitrogens is 4. The maximum atomic E-state index is 5.59. The van der Waals surface area contributed by atoms with Gasteiger partial charge in [-0.3, -0.25) is 4.57 Å².